The number of hydrogen-bond acceptors (Lipinski definition) is 18. The molecule has 13 unspecified atom stereocenters. The summed E-state index contributed by atoms with van der Waals surface area (Å²) in [5, 5.41) is 101. The molecule has 0 saturated carbocycles. The first kappa shape index (κ1) is 36.3. The Bertz CT molecular complexity index is 1180. The molecule has 10 N–H and O–H groups in total. The van der Waals surface area contributed by atoms with E-state index in [-0.39, 0.29) is 11.5 Å². The number of aromatic hydroxyl groups is 1. The van der Waals surface area contributed by atoms with Crippen LogP contribution >= 0.6 is 0 Å². The number of carbonyl (C=O) groups excluding carboxylic acids is 1. The lowest BCUT2D eigenvalue weighted by atomic mass is 9.98. The summed E-state index contributed by atoms with van der Waals surface area (Å²) >= 11 is 0. The molecule has 3 aliphatic heterocycles. The van der Waals surface area contributed by atoms with Crippen LogP contribution in [0.1, 0.15) is 12.0 Å². The number of methoxy groups -OCH3 is 1. The number of esters is 1. The largest absolute Gasteiger partial charge is 0.504 e. The standard InChI is InChI=1S/C28H40O18/c1-40-15-6-12(2-4-13(15)33)3-5-19(35)43-26-22(37)17(9-30)45-28(26,11-32)46-20-7-14(34)25(18(10-31)41-20)44-27-24(39)23(38)21(36)16(8-29)42-27/h2-6,14,16-18,20-27,29-34,36-39H,7-11H2,1H3. The number of phenolic OH excluding ortho intramolecular Hbond substituents is 1. The number of hydrogen-bond donors (Lipinski definition) is 10. The first-order chi connectivity index (χ1) is 21.9. The summed E-state index contributed by atoms with van der Waals surface area (Å²) in [5.74, 6) is -3.33. The molecule has 46 heavy (non-hydrogen) atoms. The van der Waals surface area contributed by atoms with Crippen molar-refractivity contribution in [1.82, 2.24) is 0 Å². The summed E-state index contributed by atoms with van der Waals surface area (Å²) in [6.45, 7) is -3.34. The predicted molar refractivity (Wildman–Crippen MR) is 147 cm³/mol. The van der Waals surface area contributed by atoms with Gasteiger partial charge in [-0.2, -0.15) is 0 Å². The average Bonchev–Trinajstić information content (AvgIpc) is 3.31. The van der Waals surface area contributed by atoms with Crippen LogP contribution in [0.3, 0.4) is 0 Å². The first-order valence-corrected chi connectivity index (χ1v) is 14.3. The number of aliphatic hydroxyl groups is 9. The van der Waals surface area contributed by atoms with Crippen LogP contribution in [0.15, 0.2) is 24.3 Å². The van der Waals surface area contributed by atoms with E-state index in [4.69, 9.17) is 33.2 Å². The van der Waals surface area contributed by atoms with Crippen molar-refractivity contribution < 1.29 is 89.0 Å². The van der Waals surface area contributed by atoms with Crippen LogP contribution < -0.4 is 4.74 Å². The van der Waals surface area contributed by atoms with Gasteiger partial charge in [-0.15, -0.1) is 0 Å². The Morgan fingerprint density at radius 2 is 1.63 bits per heavy atom. The van der Waals surface area contributed by atoms with E-state index in [1.807, 2.05) is 0 Å². The van der Waals surface area contributed by atoms with Crippen molar-refractivity contribution in [3.05, 3.63) is 29.8 Å². The fraction of sp³-hybridized carbons (Fsp3) is 0.679. The van der Waals surface area contributed by atoms with Crippen LogP contribution in [0.5, 0.6) is 11.5 Å². The number of phenols is 1. The molecule has 260 valence electrons. The second kappa shape index (κ2) is 15.6. The molecule has 1 aromatic rings. The van der Waals surface area contributed by atoms with Gasteiger partial charge in [-0.3, -0.25) is 0 Å². The molecule has 13 atom stereocenters. The van der Waals surface area contributed by atoms with Crippen LogP contribution in [-0.2, 0) is 33.2 Å². The van der Waals surface area contributed by atoms with E-state index >= 15 is 0 Å². The molecule has 0 bridgehead atoms. The molecule has 3 fully saturated rings. The van der Waals surface area contributed by atoms with Crippen molar-refractivity contribution in [2.24, 2.45) is 0 Å². The lowest BCUT2D eigenvalue weighted by Crippen LogP contribution is -2.62. The normalized spacial score (nSPS) is 39.9. The van der Waals surface area contributed by atoms with E-state index < -0.39 is 118 Å². The van der Waals surface area contributed by atoms with Crippen LogP contribution in [0.2, 0.25) is 0 Å². The third-order valence-electron chi connectivity index (χ3n) is 7.89. The van der Waals surface area contributed by atoms with Crippen molar-refractivity contribution in [2.75, 3.05) is 33.5 Å². The molecule has 18 heteroatoms. The van der Waals surface area contributed by atoms with Gasteiger partial charge in [0.2, 0.25) is 5.79 Å². The monoisotopic (exact) mass is 664 g/mol. The zero-order valence-electron chi connectivity index (χ0n) is 24.6. The lowest BCUT2D eigenvalue weighted by Gasteiger charge is -2.45. The van der Waals surface area contributed by atoms with Gasteiger partial charge in [0, 0.05) is 12.5 Å². The van der Waals surface area contributed by atoms with Gasteiger partial charge < -0.3 is 84.2 Å². The third kappa shape index (κ3) is 7.61. The topological polar surface area (TPSA) is 284 Å². The maximum Gasteiger partial charge on any atom is 0.331 e. The minimum atomic E-state index is -2.33. The molecule has 18 nitrogen and oxygen atoms in total. The van der Waals surface area contributed by atoms with Crippen molar-refractivity contribution in [3.63, 3.8) is 0 Å². The SMILES string of the molecule is COc1cc(C=CC(=O)OC2C(O)C(CO)OC2(CO)OC2CC(O)C(OC3OC(CO)C(O)C(O)C3O)C(CO)O2)ccc1O. The van der Waals surface area contributed by atoms with Crippen molar-refractivity contribution >= 4 is 12.0 Å². The zero-order valence-corrected chi connectivity index (χ0v) is 24.6. The van der Waals surface area contributed by atoms with Crippen LogP contribution in [0, 0.1) is 0 Å². The van der Waals surface area contributed by atoms with Gasteiger partial charge in [-0.05, 0) is 23.8 Å². The van der Waals surface area contributed by atoms with E-state index in [2.05, 4.69) is 0 Å². The van der Waals surface area contributed by atoms with Gasteiger partial charge in [0.1, 0.15) is 55.4 Å². The fourth-order valence-corrected chi connectivity index (χ4v) is 5.40. The molecule has 0 amide bonds. The Kier molecular flexibility index (Phi) is 12.3. The number of ether oxygens (including phenoxy) is 7. The Morgan fingerprint density at radius 3 is 2.26 bits per heavy atom. The summed E-state index contributed by atoms with van der Waals surface area (Å²) in [4.78, 5) is 12.8. The summed E-state index contributed by atoms with van der Waals surface area (Å²) < 4.78 is 38.4. The quantitative estimate of drug-likeness (QED) is 0.0743. The Hall–Kier alpha value is -2.53. The molecule has 4 rings (SSSR count). The molecule has 0 aliphatic carbocycles. The van der Waals surface area contributed by atoms with Gasteiger partial charge in [0.15, 0.2) is 30.2 Å². The Balaban J connectivity index is 1.47. The molecule has 0 radical (unpaired) electrons. The highest BCUT2D eigenvalue weighted by Gasteiger charge is 2.60. The average molecular weight is 665 g/mol. The summed E-state index contributed by atoms with van der Waals surface area (Å²) in [7, 11) is 1.34. The van der Waals surface area contributed by atoms with Gasteiger partial charge in [-0.25, -0.2) is 4.79 Å². The van der Waals surface area contributed by atoms with Gasteiger partial charge in [0.05, 0.1) is 33.0 Å². The molecule has 0 aromatic heterocycles. The highest BCUT2D eigenvalue weighted by molar-refractivity contribution is 5.87. The van der Waals surface area contributed by atoms with E-state index in [1.165, 1.54) is 31.4 Å². The molecule has 0 spiro atoms. The summed E-state index contributed by atoms with van der Waals surface area (Å²) in [6, 6.07) is 4.26. The van der Waals surface area contributed by atoms with Crippen LogP contribution in [0.25, 0.3) is 6.08 Å². The van der Waals surface area contributed by atoms with E-state index in [1.54, 1.807) is 0 Å². The van der Waals surface area contributed by atoms with E-state index in [0.717, 1.165) is 6.08 Å². The molecule has 1 aromatic carbocycles. The second-order valence-corrected chi connectivity index (χ2v) is 10.9. The molecular formula is C28H40O18. The van der Waals surface area contributed by atoms with Crippen molar-refractivity contribution in [3.8, 4) is 11.5 Å². The summed E-state index contributed by atoms with van der Waals surface area (Å²) in [5.41, 5.74) is 0.438. The number of carbonyl (C=O) groups is 1. The maximum absolute atomic E-state index is 12.8. The Morgan fingerprint density at radius 1 is 0.935 bits per heavy atom. The highest BCUT2D eigenvalue weighted by Crippen LogP contribution is 2.38. The maximum atomic E-state index is 12.8. The van der Waals surface area contributed by atoms with Crippen molar-refractivity contribution in [2.45, 2.75) is 85.8 Å². The smallest absolute Gasteiger partial charge is 0.331 e. The van der Waals surface area contributed by atoms with E-state index in [9.17, 15) is 55.9 Å². The van der Waals surface area contributed by atoms with Gasteiger partial charge in [-0.1, -0.05) is 6.07 Å². The number of aliphatic hydroxyl groups excluding tert-OH is 9. The molecule has 3 aliphatic rings. The number of rotatable bonds is 12. The van der Waals surface area contributed by atoms with E-state index in [0.29, 0.717) is 5.56 Å². The van der Waals surface area contributed by atoms with Crippen LogP contribution in [0.4, 0.5) is 0 Å². The Labute approximate surface area is 262 Å². The van der Waals surface area contributed by atoms with Gasteiger partial charge in [0.25, 0.3) is 0 Å². The highest BCUT2D eigenvalue weighted by atomic mass is 16.8. The zero-order chi connectivity index (χ0) is 33.8. The minimum absolute atomic E-state index is 0.126. The van der Waals surface area contributed by atoms with Crippen LogP contribution in [-0.4, -0.2) is 170 Å². The van der Waals surface area contributed by atoms with Gasteiger partial charge >= 0.3 is 5.97 Å². The molecule has 3 heterocycles. The lowest BCUT2D eigenvalue weighted by molar-refractivity contribution is -0.379. The second-order valence-electron chi connectivity index (χ2n) is 10.9. The first-order valence-electron chi connectivity index (χ1n) is 14.3. The predicted octanol–water partition coefficient (Wildman–Crippen LogP) is -4.56. The summed E-state index contributed by atoms with van der Waals surface area (Å²) in [6.07, 6.45) is -17.0. The molecular weight excluding hydrogens is 624 g/mol. The fourth-order valence-electron chi connectivity index (χ4n) is 5.40. The number of benzene rings is 1. The molecule has 3 saturated heterocycles. The van der Waals surface area contributed by atoms with Crippen molar-refractivity contribution in [1.29, 1.82) is 0 Å². The third-order valence-corrected chi connectivity index (χ3v) is 7.89. The minimum Gasteiger partial charge on any atom is -0.504 e.